The number of nitrogens with zero attached hydrogens (tertiary/aromatic N) is 2. The van der Waals surface area contributed by atoms with E-state index >= 15 is 0 Å². The van der Waals surface area contributed by atoms with Gasteiger partial charge >= 0.3 is 0 Å². The molecule has 10 nitrogen and oxygen atoms in total. The highest BCUT2D eigenvalue weighted by Gasteiger charge is 2.46. The molecule has 2 atom stereocenters. The highest BCUT2D eigenvalue weighted by atomic mass is 32.2. The van der Waals surface area contributed by atoms with Gasteiger partial charge in [0.1, 0.15) is 17.2 Å². The summed E-state index contributed by atoms with van der Waals surface area (Å²) in [5.41, 5.74) is -1.34. The molecule has 0 aliphatic carbocycles. The number of amides is 2. The number of carbonyl (C=O) groups excluding carboxylic acids is 2. The fourth-order valence-corrected chi connectivity index (χ4v) is 6.47. The number of aromatic nitrogens is 1. The van der Waals surface area contributed by atoms with E-state index < -0.39 is 68.8 Å². The number of hydrogen-bond acceptors (Lipinski definition) is 6. The molecule has 0 spiro atoms. The van der Waals surface area contributed by atoms with Gasteiger partial charge in [-0.3, -0.25) is 14.4 Å². The van der Waals surface area contributed by atoms with E-state index in [0.29, 0.717) is 6.07 Å². The Kier molecular flexibility index (Phi) is 6.96. The van der Waals surface area contributed by atoms with Crippen LogP contribution in [0.5, 0.6) is 5.75 Å². The van der Waals surface area contributed by atoms with Gasteiger partial charge in [0.25, 0.3) is 11.8 Å². The first-order valence-corrected chi connectivity index (χ1v) is 14.0. The van der Waals surface area contributed by atoms with E-state index in [2.05, 4.69) is 10.0 Å². The molecule has 0 fully saturated rings. The monoisotopic (exact) mass is 572 g/mol. The molecule has 210 valence electrons. The van der Waals surface area contributed by atoms with Crippen molar-refractivity contribution in [3.63, 3.8) is 0 Å². The summed E-state index contributed by atoms with van der Waals surface area (Å²) < 4.78 is 58.0. The number of likely N-dealkylation sites (N-methyl/N-ethyl adjacent to an activating group) is 1. The number of sulfonamides is 1. The Morgan fingerprint density at radius 2 is 1.82 bits per heavy atom. The lowest BCUT2D eigenvalue weighted by Crippen LogP contribution is -2.44. The van der Waals surface area contributed by atoms with Gasteiger partial charge in [-0.15, -0.1) is 0 Å². The highest BCUT2D eigenvalue weighted by molar-refractivity contribution is 7.89. The van der Waals surface area contributed by atoms with Crippen LogP contribution in [0, 0.1) is 18.6 Å². The predicted octanol–water partition coefficient (Wildman–Crippen LogP) is 2.51. The maximum absolute atomic E-state index is 14.2. The Labute approximate surface area is 228 Å². The second-order valence-corrected chi connectivity index (χ2v) is 11.5. The molecule has 2 amide bonds. The standard InChI is InChI=1S/C27H26F2N4O6S/c1-3-32-13-17-11-20(31-40(38,39)18-8-4-14(2)5-9-18)22-21(24(34)25(35)23(27(32)37)33(17)22)26(36)30-12-15-6-7-16(28)10-19(15)29/h4-10,17,20,31,35H,3,11-13H2,1-2H3,(H,30,36)/t17?,20-/m0/s1. The van der Waals surface area contributed by atoms with Crippen LogP contribution in [0.3, 0.4) is 0 Å². The van der Waals surface area contributed by atoms with Gasteiger partial charge in [-0.25, -0.2) is 21.9 Å². The molecule has 5 rings (SSSR count). The topological polar surface area (TPSA) is 138 Å². The molecule has 40 heavy (non-hydrogen) atoms. The second kappa shape index (κ2) is 10.1. The van der Waals surface area contributed by atoms with Crippen LogP contribution in [0.4, 0.5) is 8.78 Å². The molecule has 3 N–H and O–H groups in total. The van der Waals surface area contributed by atoms with Crippen LogP contribution >= 0.6 is 0 Å². The van der Waals surface area contributed by atoms with Crippen molar-refractivity contribution in [3.8, 4) is 5.75 Å². The molecule has 0 saturated carbocycles. The third-order valence-electron chi connectivity index (χ3n) is 7.24. The summed E-state index contributed by atoms with van der Waals surface area (Å²) in [5, 5.41) is 13.2. The highest BCUT2D eigenvalue weighted by Crippen LogP contribution is 2.42. The van der Waals surface area contributed by atoms with Crippen LogP contribution in [0.1, 0.15) is 63.1 Å². The quantitative estimate of drug-likeness (QED) is 0.398. The Morgan fingerprint density at radius 3 is 2.48 bits per heavy atom. The maximum atomic E-state index is 14.2. The maximum Gasteiger partial charge on any atom is 0.274 e. The fourth-order valence-electron chi connectivity index (χ4n) is 5.25. The first-order chi connectivity index (χ1) is 18.9. The van der Waals surface area contributed by atoms with Gasteiger partial charge in [0.05, 0.1) is 22.7 Å². The van der Waals surface area contributed by atoms with E-state index in [0.717, 1.165) is 17.7 Å². The van der Waals surface area contributed by atoms with E-state index in [1.54, 1.807) is 26.0 Å². The van der Waals surface area contributed by atoms with E-state index in [4.69, 9.17) is 0 Å². The number of rotatable bonds is 7. The van der Waals surface area contributed by atoms with Crippen molar-refractivity contribution in [1.29, 1.82) is 0 Å². The number of pyridine rings is 1. The zero-order valence-corrected chi connectivity index (χ0v) is 22.4. The molecule has 2 aromatic carbocycles. The van der Waals surface area contributed by atoms with Crippen molar-refractivity contribution in [2.24, 2.45) is 0 Å². The molecule has 0 saturated heterocycles. The van der Waals surface area contributed by atoms with Crippen LogP contribution in [-0.4, -0.2) is 47.9 Å². The van der Waals surface area contributed by atoms with E-state index in [9.17, 15) is 36.7 Å². The summed E-state index contributed by atoms with van der Waals surface area (Å²) in [6.07, 6.45) is 0.0949. The minimum absolute atomic E-state index is 0.0339. The molecular weight excluding hydrogens is 546 g/mol. The van der Waals surface area contributed by atoms with Crippen LogP contribution < -0.4 is 15.5 Å². The smallest absolute Gasteiger partial charge is 0.274 e. The summed E-state index contributed by atoms with van der Waals surface area (Å²) in [6, 6.07) is 7.24. The summed E-state index contributed by atoms with van der Waals surface area (Å²) in [6.45, 7) is 3.56. The van der Waals surface area contributed by atoms with Crippen LogP contribution in [-0.2, 0) is 16.6 Å². The third kappa shape index (κ3) is 4.64. The van der Waals surface area contributed by atoms with Gasteiger partial charge < -0.3 is 19.9 Å². The number of nitrogens with one attached hydrogen (secondary N) is 2. The van der Waals surface area contributed by atoms with Gasteiger partial charge in [-0.2, -0.15) is 0 Å². The molecule has 13 heteroatoms. The zero-order valence-electron chi connectivity index (χ0n) is 21.6. The average Bonchev–Trinajstić information content (AvgIpc) is 3.24. The van der Waals surface area contributed by atoms with Gasteiger partial charge in [0.15, 0.2) is 11.4 Å². The van der Waals surface area contributed by atoms with Crippen molar-refractivity contribution in [2.45, 2.75) is 43.8 Å². The number of benzene rings is 2. The summed E-state index contributed by atoms with van der Waals surface area (Å²) in [5.74, 6) is -4.29. The fraction of sp³-hybridized carbons (Fsp3) is 0.296. The zero-order chi connectivity index (χ0) is 28.9. The number of hydrogen-bond donors (Lipinski definition) is 3. The van der Waals surface area contributed by atoms with Gasteiger partial charge in [0.2, 0.25) is 15.5 Å². The minimum Gasteiger partial charge on any atom is -0.503 e. The van der Waals surface area contributed by atoms with E-state index in [1.807, 2.05) is 0 Å². The first-order valence-electron chi connectivity index (χ1n) is 12.5. The van der Waals surface area contributed by atoms with Crippen LogP contribution in [0.2, 0.25) is 0 Å². The summed E-state index contributed by atoms with van der Waals surface area (Å²) >= 11 is 0. The Morgan fingerprint density at radius 1 is 1.12 bits per heavy atom. The molecule has 1 aromatic heterocycles. The normalized spacial score (nSPS) is 18.1. The molecule has 2 aliphatic rings. The van der Waals surface area contributed by atoms with Crippen molar-refractivity contribution in [1.82, 2.24) is 19.5 Å². The Balaban J connectivity index is 1.60. The number of carbonyl (C=O) groups is 2. The van der Waals surface area contributed by atoms with Gasteiger partial charge in [-0.1, -0.05) is 23.8 Å². The predicted molar refractivity (Wildman–Crippen MR) is 139 cm³/mol. The van der Waals surface area contributed by atoms with Crippen molar-refractivity contribution in [3.05, 3.63) is 92.4 Å². The number of halogens is 2. The minimum atomic E-state index is -4.13. The van der Waals surface area contributed by atoms with E-state index in [-0.39, 0.29) is 41.4 Å². The molecule has 2 aliphatic heterocycles. The average molecular weight is 573 g/mol. The van der Waals surface area contributed by atoms with Crippen molar-refractivity contribution in [2.75, 3.05) is 13.1 Å². The molecule has 0 radical (unpaired) electrons. The first kappa shape index (κ1) is 27.5. The lowest BCUT2D eigenvalue weighted by molar-refractivity contribution is 0.0675. The number of aryl methyl sites for hydroxylation is 1. The largest absolute Gasteiger partial charge is 0.503 e. The lowest BCUT2D eigenvalue weighted by atomic mass is 10.0. The third-order valence-corrected chi connectivity index (χ3v) is 8.73. The van der Waals surface area contributed by atoms with Crippen LogP contribution in [0.15, 0.2) is 52.2 Å². The number of aromatic hydroxyl groups is 1. The molecule has 3 heterocycles. The molecule has 1 unspecified atom stereocenters. The second-order valence-electron chi connectivity index (χ2n) is 9.80. The van der Waals surface area contributed by atoms with E-state index in [1.165, 1.54) is 21.6 Å². The van der Waals surface area contributed by atoms with Gasteiger partial charge in [-0.05, 0) is 38.5 Å². The van der Waals surface area contributed by atoms with Crippen LogP contribution in [0.25, 0.3) is 0 Å². The SMILES string of the molecule is CCN1CC2C[C@H](NS(=O)(=O)c3ccc(C)cc3)c3c(C(=O)NCc4ccc(F)cc4F)c(=O)c(O)c(n32)C1=O. The molecule has 3 aromatic rings. The summed E-state index contributed by atoms with van der Waals surface area (Å²) in [7, 11) is -4.13. The Hall–Kier alpha value is -4.10. The van der Waals surface area contributed by atoms with Gasteiger partial charge in [0, 0.05) is 31.3 Å². The summed E-state index contributed by atoms with van der Waals surface area (Å²) in [4.78, 5) is 41.3. The van der Waals surface area contributed by atoms with Crippen molar-refractivity contribution >= 4 is 21.8 Å². The molecule has 0 bridgehead atoms. The van der Waals surface area contributed by atoms with Crippen molar-refractivity contribution < 1.29 is 31.9 Å². The lowest BCUT2D eigenvalue weighted by Gasteiger charge is -2.33. The molecular formula is C27H26F2N4O6S. The Bertz CT molecular complexity index is 1710.